The summed E-state index contributed by atoms with van der Waals surface area (Å²) in [6.07, 6.45) is 0. The number of anilines is 1. The van der Waals surface area contributed by atoms with Gasteiger partial charge in [-0.25, -0.2) is 12.8 Å². The quantitative estimate of drug-likeness (QED) is 0.392. The molecule has 0 heterocycles. The first-order valence-corrected chi connectivity index (χ1v) is 10.7. The van der Waals surface area contributed by atoms with Crippen LogP contribution in [0.2, 0.25) is 0 Å². The third kappa shape index (κ3) is 5.19. The summed E-state index contributed by atoms with van der Waals surface area (Å²) in [5.41, 5.74) is 0.0714. The Morgan fingerprint density at radius 2 is 1.78 bits per heavy atom. The number of amides is 1. The predicted molar refractivity (Wildman–Crippen MR) is 114 cm³/mol. The molecule has 166 valence electrons. The van der Waals surface area contributed by atoms with E-state index in [2.05, 4.69) is 10.0 Å². The van der Waals surface area contributed by atoms with Gasteiger partial charge in [-0.05, 0) is 36.4 Å². The van der Waals surface area contributed by atoms with Gasteiger partial charge in [0.1, 0.15) is 11.6 Å². The smallest absolute Gasteiger partial charge is 0.271 e. The number of halogens is 1. The summed E-state index contributed by atoms with van der Waals surface area (Å²) < 4.78 is 46.4. The first-order chi connectivity index (χ1) is 15.2. The highest BCUT2D eigenvalue weighted by atomic mass is 32.2. The number of hydrogen-bond acceptors (Lipinski definition) is 6. The summed E-state index contributed by atoms with van der Waals surface area (Å²) in [6, 6.07) is 14.5. The van der Waals surface area contributed by atoms with Crippen LogP contribution in [0.1, 0.15) is 15.9 Å². The van der Waals surface area contributed by atoms with Crippen LogP contribution in [0, 0.1) is 15.9 Å². The number of methoxy groups -OCH3 is 1. The minimum atomic E-state index is -4.13. The molecule has 0 bridgehead atoms. The Morgan fingerprint density at radius 1 is 1.09 bits per heavy atom. The molecule has 0 spiro atoms. The topological polar surface area (TPSA) is 128 Å². The number of carbonyl (C=O) groups is 1. The van der Waals surface area contributed by atoms with E-state index in [1.54, 1.807) is 12.1 Å². The molecule has 9 nitrogen and oxygen atoms in total. The number of nitro benzene ring substituents is 1. The number of ether oxygens (including phenoxy) is 1. The monoisotopic (exact) mass is 459 g/mol. The first kappa shape index (κ1) is 22.7. The molecule has 0 atom stereocenters. The maximum atomic E-state index is 13.7. The van der Waals surface area contributed by atoms with Crippen LogP contribution in [0.5, 0.6) is 5.75 Å². The van der Waals surface area contributed by atoms with Gasteiger partial charge in [0, 0.05) is 29.8 Å². The van der Waals surface area contributed by atoms with E-state index in [4.69, 9.17) is 4.74 Å². The van der Waals surface area contributed by atoms with E-state index in [1.165, 1.54) is 55.6 Å². The summed E-state index contributed by atoms with van der Waals surface area (Å²) >= 11 is 0. The van der Waals surface area contributed by atoms with Crippen molar-refractivity contribution in [3.05, 3.63) is 93.8 Å². The fourth-order valence-electron chi connectivity index (χ4n) is 2.80. The zero-order valence-electron chi connectivity index (χ0n) is 16.7. The molecular weight excluding hydrogens is 441 g/mol. The molecule has 0 aliphatic rings. The lowest BCUT2D eigenvalue weighted by molar-refractivity contribution is -0.384. The molecule has 0 saturated carbocycles. The molecule has 0 aliphatic heterocycles. The maximum absolute atomic E-state index is 13.7. The van der Waals surface area contributed by atoms with Crippen molar-refractivity contribution in [2.24, 2.45) is 0 Å². The second-order valence-electron chi connectivity index (χ2n) is 6.55. The highest BCUT2D eigenvalue weighted by Crippen LogP contribution is 2.30. The van der Waals surface area contributed by atoms with Crippen LogP contribution in [0.4, 0.5) is 15.8 Å². The summed E-state index contributed by atoms with van der Waals surface area (Å²) in [6.45, 7) is -0.0281. The van der Waals surface area contributed by atoms with E-state index in [-0.39, 0.29) is 34.1 Å². The van der Waals surface area contributed by atoms with Gasteiger partial charge in [-0.3, -0.25) is 19.6 Å². The van der Waals surface area contributed by atoms with Crippen LogP contribution in [-0.4, -0.2) is 26.4 Å². The van der Waals surface area contributed by atoms with Gasteiger partial charge in [-0.2, -0.15) is 0 Å². The van der Waals surface area contributed by atoms with Crippen LogP contribution in [-0.2, 0) is 16.6 Å². The maximum Gasteiger partial charge on any atom is 0.271 e. The van der Waals surface area contributed by atoms with E-state index in [0.29, 0.717) is 5.56 Å². The van der Waals surface area contributed by atoms with Gasteiger partial charge < -0.3 is 10.1 Å². The van der Waals surface area contributed by atoms with E-state index in [1.807, 2.05) is 0 Å². The minimum Gasteiger partial charge on any atom is -0.495 e. The third-order valence-corrected chi connectivity index (χ3v) is 5.84. The van der Waals surface area contributed by atoms with Crippen LogP contribution in [0.3, 0.4) is 0 Å². The Kier molecular flexibility index (Phi) is 6.69. The van der Waals surface area contributed by atoms with E-state index in [0.717, 1.165) is 6.07 Å². The van der Waals surface area contributed by atoms with Gasteiger partial charge in [0.2, 0.25) is 0 Å². The number of rotatable bonds is 8. The highest BCUT2D eigenvalue weighted by molar-refractivity contribution is 7.92. The average Bonchev–Trinajstić information content (AvgIpc) is 2.78. The number of nitrogens with zero attached hydrogens (tertiary/aromatic N) is 1. The lowest BCUT2D eigenvalue weighted by Gasteiger charge is -2.12. The molecule has 0 radical (unpaired) electrons. The molecule has 0 unspecified atom stereocenters. The number of nitro groups is 1. The normalized spacial score (nSPS) is 10.9. The van der Waals surface area contributed by atoms with Crippen LogP contribution in [0.15, 0.2) is 71.6 Å². The second kappa shape index (κ2) is 9.43. The standard InChI is InChI=1S/C21H18FN3O6S/c1-31-20-11-8-16(25(27)28)12-19(20)24-32(29,30)17-9-6-14(7-10-17)21(26)23-13-15-4-2-3-5-18(15)22/h2-12,24H,13H2,1H3,(H,23,26). The Bertz CT molecular complexity index is 1260. The molecule has 3 aromatic carbocycles. The second-order valence-corrected chi connectivity index (χ2v) is 8.23. The zero-order valence-corrected chi connectivity index (χ0v) is 17.6. The molecule has 32 heavy (non-hydrogen) atoms. The lowest BCUT2D eigenvalue weighted by Crippen LogP contribution is -2.23. The molecule has 0 saturated heterocycles. The Balaban J connectivity index is 1.75. The Labute approximate surface area is 183 Å². The predicted octanol–water partition coefficient (Wildman–Crippen LogP) is 3.47. The van der Waals surface area contributed by atoms with E-state index in [9.17, 15) is 27.7 Å². The summed E-state index contributed by atoms with van der Waals surface area (Å²) in [7, 11) is -2.83. The van der Waals surface area contributed by atoms with Crippen molar-refractivity contribution in [1.29, 1.82) is 0 Å². The van der Waals surface area contributed by atoms with Gasteiger partial charge >= 0.3 is 0 Å². The number of nitrogens with one attached hydrogen (secondary N) is 2. The first-order valence-electron chi connectivity index (χ1n) is 9.18. The number of sulfonamides is 1. The third-order valence-electron chi connectivity index (χ3n) is 4.46. The van der Waals surface area contributed by atoms with Gasteiger partial charge in [-0.1, -0.05) is 18.2 Å². The van der Waals surface area contributed by atoms with Crippen molar-refractivity contribution in [3.8, 4) is 5.75 Å². The molecule has 1 amide bonds. The molecule has 0 aromatic heterocycles. The molecule has 3 aromatic rings. The van der Waals surface area contributed by atoms with Crippen LogP contribution < -0.4 is 14.8 Å². The summed E-state index contributed by atoms with van der Waals surface area (Å²) in [5.74, 6) is -0.856. The Hall–Kier alpha value is -3.99. The molecule has 3 rings (SSSR count). The van der Waals surface area contributed by atoms with E-state index < -0.39 is 26.7 Å². The minimum absolute atomic E-state index is 0.0281. The molecule has 2 N–H and O–H groups in total. The van der Waals surface area contributed by atoms with Crippen molar-refractivity contribution >= 4 is 27.3 Å². The van der Waals surface area contributed by atoms with E-state index >= 15 is 0 Å². The highest BCUT2D eigenvalue weighted by Gasteiger charge is 2.20. The fraction of sp³-hybridized carbons (Fsp3) is 0.0952. The van der Waals surface area contributed by atoms with Gasteiger partial charge in [0.05, 0.1) is 22.6 Å². The van der Waals surface area contributed by atoms with Gasteiger partial charge in [0.25, 0.3) is 21.6 Å². The SMILES string of the molecule is COc1ccc([N+](=O)[O-])cc1NS(=O)(=O)c1ccc(C(=O)NCc2ccccc2F)cc1. The van der Waals surface area contributed by atoms with Crippen LogP contribution in [0.25, 0.3) is 0 Å². The molecular formula is C21H18FN3O6S. The largest absolute Gasteiger partial charge is 0.495 e. The number of carbonyl (C=O) groups excluding carboxylic acids is 1. The average molecular weight is 459 g/mol. The molecule has 11 heteroatoms. The molecule has 0 fully saturated rings. The fourth-order valence-corrected chi connectivity index (χ4v) is 3.86. The Morgan fingerprint density at radius 3 is 2.41 bits per heavy atom. The van der Waals surface area contributed by atoms with Crippen molar-refractivity contribution in [3.63, 3.8) is 0 Å². The number of hydrogen-bond donors (Lipinski definition) is 2. The van der Waals surface area contributed by atoms with Crippen molar-refractivity contribution < 1.29 is 27.3 Å². The molecule has 0 aliphatic carbocycles. The summed E-state index contributed by atoms with van der Waals surface area (Å²) in [5, 5.41) is 13.5. The van der Waals surface area contributed by atoms with Gasteiger partial charge in [-0.15, -0.1) is 0 Å². The number of benzene rings is 3. The van der Waals surface area contributed by atoms with Gasteiger partial charge in [0.15, 0.2) is 0 Å². The van der Waals surface area contributed by atoms with Crippen molar-refractivity contribution in [2.75, 3.05) is 11.8 Å². The lowest BCUT2D eigenvalue weighted by atomic mass is 10.2. The summed E-state index contributed by atoms with van der Waals surface area (Å²) in [4.78, 5) is 22.4. The number of non-ortho nitro benzene ring substituents is 1. The van der Waals surface area contributed by atoms with Crippen molar-refractivity contribution in [2.45, 2.75) is 11.4 Å². The van der Waals surface area contributed by atoms with Crippen LogP contribution >= 0.6 is 0 Å². The zero-order chi connectivity index (χ0) is 23.3. The van der Waals surface area contributed by atoms with Crippen molar-refractivity contribution in [1.82, 2.24) is 5.32 Å².